The molecule has 3 heterocycles. The molecule has 1 fully saturated rings. The van der Waals surface area contributed by atoms with Crippen LogP contribution in [0.4, 0.5) is 13.2 Å². The molecule has 3 aromatic heterocycles. The number of methoxy groups -OCH3 is 1. The van der Waals surface area contributed by atoms with Gasteiger partial charge in [0.1, 0.15) is 11.2 Å². The number of hydrogen-bond donors (Lipinski definition) is 1. The predicted octanol–water partition coefficient (Wildman–Crippen LogP) is 4.99. The van der Waals surface area contributed by atoms with Crippen molar-refractivity contribution in [3.05, 3.63) is 58.0 Å². The first kappa shape index (κ1) is 23.3. The third-order valence-electron chi connectivity index (χ3n) is 6.63. The van der Waals surface area contributed by atoms with Gasteiger partial charge in [-0.25, -0.2) is 0 Å². The van der Waals surface area contributed by atoms with Crippen LogP contribution >= 0.6 is 0 Å². The normalized spacial score (nSPS) is 21.0. The van der Waals surface area contributed by atoms with Crippen molar-refractivity contribution >= 4 is 5.65 Å². The van der Waals surface area contributed by atoms with Crippen molar-refractivity contribution in [2.75, 3.05) is 7.11 Å². The summed E-state index contributed by atoms with van der Waals surface area (Å²) in [6.07, 6.45) is -2.24. The number of benzene rings is 1. The molecule has 5 rings (SSSR count). The van der Waals surface area contributed by atoms with Crippen LogP contribution in [-0.2, 0) is 10.9 Å². The number of aromatic amines is 1. The highest BCUT2D eigenvalue weighted by Gasteiger charge is 2.40. The third kappa shape index (κ3) is 4.03. The molecule has 1 aliphatic rings. The Labute approximate surface area is 198 Å². The largest absolute Gasteiger partial charge is 0.435 e. The van der Waals surface area contributed by atoms with Gasteiger partial charge in [-0.15, -0.1) is 10.2 Å². The minimum atomic E-state index is -4.77. The first-order valence-corrected chi connectivity index (χ1v) is 11.3. The molecule has 0 amide bonds. The summed E-state index contributed by atoms with van der Waals surface area (Å²) in [5, 5.41) is 11.9. The number of rotatable bonds is 4. The zero-order chi connectivity index (χ0) is 24.9. The Balaban J connectivity index is 1.64. The predicted molar refractivity (Wildman–Crippen MR) is 121 cm³/mol. The summed E-state index contributed by atoms with van der Waals surface area (Å²) in [5.74, 6) is 0.665. The maximum Gasteiger partial charge on any atom is 0.435 e. The van der Waals surface area contributed by atoms with Crippen molar-refractivity contribution < 1.29 is 22.3 Å². The highest BCUT2D eigenvalue weighted by Crippen LogP contribution is 2.39. The molecule has 3 atom stereocenters. The third-order valence-corrected chi connectivity index (χ3v) is 6.63. The summed E-state index contributed by atoms with van der Waals surface area (Å²) < 4.78 is 53.9. The van der Waals surface area contributed by atoms with Gasteiger partial charge in [-0.05, 0) is 37.7 Å². The molecule has 1 aromatic carbocycles. The summed E-state index contributed by atoms with van der Waals surface area (Å²) in [6.45, 7) is 3.73. The highest BCUT2D eigenvalue weighted by atomic mass is 19.4. The second-order valence-electron chi connectivity index (χ2n) is 9.02. The Morgan fingerprint density at radius 3 is 2.57 bits per heavy atom. The fourth-order valence-electron chi connectivity index (χ4n) is 4.87. The van der Waals surface area contributed by atoms with Gasteiger partial charge in [-0.3, -0.25) is 4.79 Å². The van der Waals surface area contributed by atoms with Gasteiger partial charge in [-0.2, -0.15) is 22.8 Å². The van der Waals surface area contributed by atoms with Crippen LogP contribution in [0.25, 0.3) is 28.2 Å². The van der Waals surface area contributed by atoms with E-state index in [-0.39, 0.29) is 40.3 Å². The lowest BCUT2D eigenvalue weighted by atomic mass is 9.80. The van der Waals surface area contributed by atoms with Gasteiger partial charge in [0.05, 0.1) is 17.6 Å². The molecule has 3 unspecified atom stereocenters. The number of halogens is 3. The molecule has 0 radical (unpaired) electrons. The Kier molecular flexibility index (Phi) is 5.74. The number of aromatic nitrogens is 5. The van der Waals surface area contributed by atoms with E-state index in [2.05, 4.69) is 27.2 Å². The minimum absolute atomic E-state index is 0.0229. The maximum absolute atomic E-state index is 13.9. The van der Waals surface area contributed by atoms with Crippen LogP contribution in [0.3, 0.4) is 0 Å². The number of nitrogens with one attached hydrogen (secondary N) is 1. The summed E-state index contributed by atoms with van der Waals surface area (Å²) >= 11 is 0. The quantitative estimate of drug-likeness (QED) is 0.436. The molecule has 1 aliphatic carbocycles. The first-order chi connectivity index (χ1) is 16.7. The number of hydrogen-bond acceptors (Lipinski definition) is 6. The molecule has 4 aromatic rings. The zero-order valence-electron chi connectivity index (χ0n) is 19.4. The molecule has 35 heavy (non-hydrogen) atoms. The van der Waals surface area contributed by atoms with Gasteiger partial charge in [0.25, 0.3) is 11.4 Å². The Morgan fingerprint density at radius 1 is 1.14 bits per heavy atom. The van der Waals surface area contributed by atoms with Crippen molar-refractivity contribution in [3.63, 3.8) is 0 Å². The van der Waals surface area contributed by atoms with Gasteiger partial charge in [0, 0.05) is 12.8 Å². The van der Waals surface area contributed by atoms with Crippen molar-refractivity contribution in [3.8, 4) is 22.6 Å². The van der Waals surface area contributed by atoms with Crippen LogP contribution in [0, 0.1) is 12.8 Å². The van der Waals surface area contributed by atoms with Crippen molar-refractivity contribution in [1.82, 2.24) is 24.8 Å². The van der Waals surface area contributed by atoms with E-state index >= 15 is 0 Å². The molecule has 1 N–H and O–H groups in total. The van der Waals surface area contributed by atoms with Gasteiger partial charge in [0.15, 0.2) is 5.69 Å². The lowest BCUT2D eigenvalue weighted by molar-refractivity contribution is -0.140. The molecule has 0 saturated heterocycles. The molecule has 8 nitrogen and oxygen atoms in total. The van der Waals surface area contributed by atoms with Gasteiger partial charge >= 0.3 is 6.18 Å². The van der Waals surface area contributed by atoms with E-state index in [1.54, 1.807) is 32.2 Å². The van der Waals surface area contributed by atoms with E-state index in [0.29, 0.717) is 17.5 Å². The second kappa shape index (κ2) is 8.63. The molecular formula is C24H24F3N5O3. The number of H-pyrrole nitrogens is 1. The number of aryl methyl sites for hydroxylation is 1. The van der Waals surface area contributed by atoms with Crippen LogP contribution in [-0.4, -0.2) is 38.0 Å². The SMILES string of the molecule is COC1CC(C)CCC1c1nnc(-c2c(C)[nH]c3c(-c4ccccc4)c(C(F)(F)F)nn3c2=O)o1. The highest BCUT2D eigenvalue weighted by molar-refractivity contribution is 5.81. The van der Waals surface area contributed by atoms with Gasteiger partial charge in [-0.1, -0.05) is 37.3 Å². The molecule has 0 bridgehead atoms. The van der Waals surface area contributed by atoms with Gasteiger partial charge < -0.3 is 14.1 Å². The lowest BCUT2D eigenvalue weighted by Crippen LogP contribution is -2.28. The van der Waals surface area contributed by atoms with E-state index < -0.39 is 17.4 Å². The average molecular weight is 487 g/mol. The molecule has 11 heteroatoms. The Bertz CT molecular complexity index is 1420. The second-order valence-corrected chi connectivity index (χ2v) is 9.02. The summed E-state index contributed by atoms with van der Waals surface area (Å²) in [7, 11) is 1.63. The van der Waals surface area contributed by atoms with Crippen molar-refractivity contribution in [1.29, 1.82) is 0 Å². The molecule has 1 saturated carbocycles. The van der Waals surface area contributed by atoms with E-state index in [9.17, 15) is 18.0 Å². The van der Waals surface area contributed by atoms with Crippen LogP contribution < -0.4 is 5.56 Å². The minimum Gasteiger partial charge on any atom is -0.420 e. The smallest absolute Gasteiger partial charge is 0.420 e. The van der Waals surface area contributed by atoms with E-state index in [1.807, 2.05) is 0 Å². The summed E-state index contributed by atoms with van der Waals surface area (Å²) in [4.78, 5) is 16.3. The first-order valence-electron chi connectivity index (χ1n) is 11.3. The monoisotopic (exact) mass is 487 g/mol. The van der Waals surface area contributed by atoms with Crippen LogP contribution in [0.2, 0.25) is 0 Å². The molecule has 0 spiro atoms. The van der Waals surface area contributed by atoms with Crippen LogP contribution in [0.1, 0.15) is 49.4 Å². The summed E-state index contributed by atoms with van der Waals surface area (Å²) in [6, 6.07) is 8.02. The van der Waals surface area contributed by atoms with Gasteiger partial charge in [0.2, 0.25) is 5.89 Å². The van der Waals surface area contributed by atoms with E-state index in [4.69, 9.17) is 9.15 Å². The number of nitrogens with zero attached hydrogens (tertiary/aromatic N) is 4. The number of fused-ring (bicyclic) bond motifs is 1. The maximum atomic E-state index is 13.9. The zero-order valence-corrected chi connectivity index (χ0v) is 19.4. The summed E-state index contributed by atoms with van der Waals surface area (Å²) in [5.41, 5.74) is -1.63. The Morgan fingerprint density at radius 2 is 1.89 bits per heavy atom. The Hall–Kier alpha value is -3.47. The standard InChI is InChI=1S/C24H24F3N5O3/c1-12-9-10-15(16(11-12)34-3)21-29-30-22(35-21)17-13(2)28-20-18(14-7-5-4-6-8-14)19(24(25,26)27)31-32(20)23(17)33/h4-8,12,15-16,28H,9-11H2,1-3H3. The number of alkyl halides is 3. The van der Waals surface area contributed by atoms with E-state index in [1.165, 1.54) is 12.1 Å². The molecular weight excluding hydrogens is 463 g/mol. The van der Waals surface area contributed by atoms with Crippen LogP contribution in [0.5, 0.6) is 0 Å². The van der Waals surface area contributed by atoms with Crippen LogP contribution in [0.15, 0.2) is 39.5 Å². The number of ether oxygens (including phenoxy) is 1. The van der Waals surface area contributed by atoms with Crippen molar-refractivity contribution in [2.24, 2.45) is 5.92 Å². The topological polar surface area (TPSA) is 98.3 Å². The molecule has 0 aliphatic heterocycles. The van der Waals surface area contributed by atoms with Crippen molar-refractivity contribution in [2.45, 2.75) is 51.3 Å². The lowest BCUT2D eigenvalue weighted by Gasteiger charge is -2.31. The van der Waals surface area contributed by atoms with E-state index in [0.717, 1.165) is 23.8 Å². The average Bonchev–Trinajstić information content (AvgIpc) is 3.45. The fourth-order valence-corrected chi connectivity index (χ4v) is 4.87. The molecule has 184 valence electrons. The fraction of sp³-hybridized carbons (Fsp3) is 0.417.